The molecule has 6 nitrogen and oxygen atoms in total. The zero-order valence-electron chi connectivity index (χ0n) is 14.7. The Morgan fingerprint density at radius 3 is 3.11 bits per heavy atom. The van der Waals surface area contributed by atoms with Crippen LogP contribution in [0, 0.1) is 17.2 Å². The predicted molar refractivity (Wildman–Crippen MR) is 103 cm³/mol. The van der Waals surface area contributed by atoms with E-state index in [2.05, 4.69) is 16.0 Å². The first-order valence-corrected chi connectivity index (χ1v) is 9.68. The third kappa shape index (κ3) is 3.91. The normalized spacial score (nSPS) is 16.9. The number of hydrogen-bond acceptors (Lipinski definition) is 6. The maximum absolute atomic E-state index is 12.9. The van der Waals surface area contributed by atoms with E-state index < -0.39 is 0 Å². The molecule has 136 valence electrons. The highest BCUT2D eigenvalue weighted by Crippen LogP contribution is 2.25. The van der Waals surface area contributed by atoms with Gasteiger partial charge in [-0.05, 0) is 31.0 Å². The van der Waals surface area contributed by atoms with Gasteiger partial charge in [-0.1, -0.05) is 12.1 Å². The summed E-state index contributed by atoms with van der Waals surface area (Å²) in [6.45, 7) is 1.87. The molecule has 3 aromatic rings. The molecule has 3 heterocycles. The van der Waals surface area contributed by atoms with Gasteiger partial charge in [0.05, 0.1) is 28.5 Å². The number of nitrogens with zero attached hydrogens (tertiary/aromatic N) is 4. The number of amides is 1. The van der Waals surface area contributed by atoms with Crippen molar-refractivity contribution in [1.82, 2.24) is 14.9 Å². The number of carbonyl (C=O) groups is 1. The van der Waals surface area contributed by atoms with Crippen molar-refractivity contribution in [2.24, 2.45) is 5.92 Å². The van der Waals surface area contributed by atoms with Crippen LogP contribution in [0.15, 0.2) is 42.6 Å². The summed E-state index contributed by atoms with van der Waals surface area (Å²) in [7, 11) is 0. The molecule has 1 aliphatic rings. The summed E-state index contributed by atoms with van der Waals surface area (Å²) >= 11 is 1.44. The molecule has 4 rings (SSSR count). The minimum absolute atomic E-state index is 0.00879. The predicted octanol–water partition coefficient (Wildman–Crippen LogP) is 3.49. The topological polar surface area (TPSA) is 79.1 Å². The van der Waals surface area contributed by atoms with E-state index in [9.17, 15) is 4.79 Å². The van der Waals surface area contributed by atoms with Gasteiger partial charge in [-0.25, -0.2) is 9.97 Å². The smallest absolute Gasteiger partial charge is 0.282 e. The van der Waals surface area contributed by atoms with Gasteiger partial charge in [0, 0.05) is 31.3 Å². The molecule has 7 heteroatoms. The molecule has 27 heavy (non-hydrogen) atoms. The second kappa shape index (κ2) is 7.72. The Morgan fingerprint density at radius 1 is 1.37 bits per heavy atom. The first kappa shape index (κ1) is 17.4. The average molecular weight is 378 g/mol. The van der Waals surface area contributed by atoms with Crippen molar-refractivity contribution >= 4 is 27.5 Å². The van der Waals surface area contributed by atoms with Gasteiger partial charge in [0.1, 0.15) is 0 Å². The number of nitriles is 1. The lowest BCUT2D eigenvalue weighted by molar-refractivity contribution is 0.0631. The van der Waals surface area contributed by atoms with Crippen LogP contribution in [0.4, 0.5) is 0 Å². The Bertz CT molecular complexity index is 977. The molecule has 1 atom stereocenters. The fourth-order valence-corrected chi connectivity index (χ4v) is 4.18. The van der Waals surface area contributed by atoms with Crippen LogP contribution in [-0.2, 0) is 0 Å². The van der Waals surface area contributed by atoms with Crippen molar-refractivity contribution in [3.8, 4) is 11.9 Å². The van der Waals surface area contributed by atoms with Gasteiger partial charge in [-0.15, -0.1) is 11.3 Å². The SMILES string of the molecule is N#Cc1ccnc(OCC2CCCN(C(=O)c3nc4ccccc4s3)C2)c1. The number of para-hydroxylation sites is 1. The van der Waals surface area contributed by atoms with E-state index >= 15 is 0 Å². The van der Waals surface area contributed by atoms with Gasteiger partial charge in [-0.2, -0.15) is 5.26 Å². The van der Waals surface area contributed by atoms with Crippen LogP contribution < -0.4 is 4.74 Å². The molecule has 2 aromatic heterocycles. The third-order valence-electron chi connectivity index (χ3n) is 4.61. The zero-order chi connectivity index (χ0) is 18.6. The Labute approximate surface area is 161 Å². The molecule has 0 radical (unpaired) electrons. The van der Waals surface area contributed by atoms with Gasteiger partial charge in [0.15, 0.2) is 5.01 Å². The zero-order valence-corrected chi connectivity index (χ0v) is 15.5. The Hall–Kier alpha value is -2.98. The molecule has 0 N–H and O–H groups in total. The highest BCUT2D eigenvalue weighted by Gasteiger charge is 2.27. The number of fused-ring (bicyclic) bond motifs is 1. The number of aromatic nitrogens is 2. The van der Waals surface area contributed by atoms with Gasteiger partial charge in [0.25, 0.3) is 5.91 Å². The number of piperidine rings is 1. The molecule has 1 fully saturated rings. The van der Waals surface area contributed by atoms with Crippen LogP contribution in [0.1, 0.15) is 28.2 Å². The summed E-state index contributed by atoms with van der Waals surface area (Å²) in [5, 5.41) is 9.50. The monoisotopic (exact) mass is 378 g/mol. The average Bonchev–Trinajstić information content (AvgIpc) is 3.16. The van der Waals surface area contributed by atoms with Gasteiger partial charge in [-0.3, -0.25) is 4.79 Å². The second-order valence-electron chi connectivity index (χ2n) is 6.55. The van der Waals surface area contributed by atoms with E-state index in [0.717, 1.165) is 29.6 Å². The molecular formula is C20H18N4O2S. The van der Waals surface area contributed by atoms with Crippen molar-refractivity contribution in [2.75, 3.05) is 19.7 Å². The third-order valence-corrected chi connectivity index (χ3v) is 5.64. The number of likely N-dealkylation sites (tertiary alicyclic amines) is 1. The van der Waals surface area contributed by atoms with E-state index in [-0.39, 0.29) is 11.8 Å². The molecule has 0 bridgehead atoms. The van der Waals surface area contributed by atoms with Crippen LogP contribution >= 0.6 is 11.3 Å². The number of benzene rings is 1. The quantitative estimate of drug-likeness (QED) is 0.694. The summed E-state index contributed by atoms with van der Waals surface area (Å²) < 4.78 is 6.79. The van der Waals surface area contributed by atoms with Crippen molar-refractivity contribution in [2.45, 2.75) is 12.8 Å². The number of pyridine rings is 1. The van der Waals surface area contributed by atoms with Crippen LogP contribution in [0.5, 0.6) is 5.88 Å². The van der Waals surface area contributed by atoms with Crippen LogP contribution in [-0.4, -0.2) is 40.5 Å². The number of rotatable bonds is 4. The second-order valence-corrected chi connectivity index (χ2v) is 7.58. The summed E-state index contributed by atoms with van der Waals surface area (Å²) in [5.41, 5.74) is 1.39. The fraction of sp³-hybridized carbons (Fsp3) is 0.300. The highest BCUT2D eigenvalue weighted by atomic mass is 32.1. The van der Waals surface area contributed by atoms with E-state index in [1.54, 1.807) is 18.3 Å². The van der Waals surface area contributed by atoms with Crippen molar-refractivity contribution < 1.29 is 9.53 Å². The molecule has 0 aliphatic carbocycles. The Morgan fingerprint density at radius 2 is 2.26 bits per heavy atom. The minimum atomic E-state index is -0.00879. The van der Waals surface area contributed by atoms with Crippen molar-refractivity contribution in [1.29, 1.82) is 5.26 Å². The number of hydrogen-bond donors (Lipinski definition) is 0. The standard InChI is InChI=1S/C20H18N4O2S/c21-11-14-7-8-22-18(10-14)26-13-15-4-3-9-24(12-15)20(25)19-23-16-5-1-2-6-17(16)27-19/h1-2,5-8,10,15H,3-4,9,12-13H2. The summed E-state index contributed by atoms with van der Waals surface area (Å²) in [4.78, 5) is 23.3. The first-order chi connectivity index (χ1) is 13.2. The molecule has 1 saturated heterocycles. The van der Waals surface area contributed by atoms with Gasteiger partial charge >= 0.3 is 0 Å². The summed E-state index contributed by atoms with van der Waals surface area (Å²) in [5.74, 6) is 0.679. The van der Waals surface area contributed by atoms with Crippen LogP contribution in [0.25, 0.3) is 10.2 Å². The van der Waals surface area contributed by atoms with Crippen LogP contribution in [0.2, 0.25) is 0 Å². The van der Waals surface area contributed by atoms with Crippen molar-refractivity contribution in [3.05, 3.63) is 53.2 Å². The number of ether oxygens (including phenoxy) is 1. The largest absolute Gasteiger partial charge is 0.477 e. The molecule has 0 spiro atoms. The number of carbonyl (C=O) groups excluding carboxylic acids is 1. The van der Waals surface area contributed by atoms with E-state index in [1.807, 2.05) is 29.2 Å². The molecular weight excluding hydrogens is 360 g/mol. The van der Waals surface area contributed by atoms with E-state index in [4.69, 9.17) is 10.00 Å². The number of thiazole rings is 1. The maximum Gasteiger partial charge on any atom is 0.282 e. The molecule has 1 amide bonds. The summed E-state index contributed by atoms with van der Waals surface area (Å²) in [6.07, 6.45) is 3.51. The summed E-state index contributed by atoms with van der Waals surface area (Å²) in [6, 6.07) is 13.2. The molecule has 1 aliphatic heterocycles. The highest BCUT2D eigenvalue weighted by molar-refractivity contribution is 7.20. The van der Waals surface area contributed by atoms with Gasteiger partial charge in [0.2, 0.25) is 5.88 Å². The molecule has 0 saturated carbocycles. The lowest BCUT2D eigenvalue weighted by atomic mass is 9.99. The fourth-order valence-electron chi connectivity index (χ4n) is 3.25. The Balaban J connectivity index is 1.40. The molecule has 1 aromatic carbocycles. The lowest BCUT2D eigenvalue weighted by Crippen LogP contribution is -2.41. The maximum atomic E-state index is 12.9. The van der Waals surface area contributed by atoms with Crippen LogP contribution in [0.3, 0.4) is 0 Å². The van der Waals surface area contributed by atoms with Crippen molar-refractivity contribution in [3.63, 3.8) is 0 Å². The van der Waals surface area contributed by atoms with E-state index in [1.165, 1.54) is 11.3 Å². The van der Waals surface area contributed by atoms with E-state index in [0.29, 0.717) is 29.6 Å². The molecule has 1 unspecified atom stereocenters. The Kier molecular flexibility index (Phi) is 4.99. The van der Waals surface area contributed by atoms with Gasteiger partial charge < -0.3 is 9.64 Å². The minimum Gasteiger partial charge on any atom is -0.477 e. The first-order valence-electron chi connectivity index (χ1n) is 8.87. The lowest BCUT2D eigenvalue weighted by Gasteiger charge is -2.32.